The Morgan fingerprint density at radius 2 is 1.56 bits per heavy atom. The van der Waals surface area contributed by atoms with E-state index in [1.165, 1.54) is 5.56 Å². The average molecular weight is 240 g/mol. The summed E-state index contributed by atoms with van der Waals surface area (Å²) in [5, 5.41) is 3.47. The quantitative estimate of drug-likeness (QED) is 0.800. The zero-order chi connectivity index (χ0) is 13.0. The van der Waals surface area contributed by atoms with Gasteiger partial charge in [0.05, 0.1) is 0 Å². The van der Waals surface area contributed by atoms with Gasteiger partial charge >= 0.3 is 0 Å². The molecule has 0 saturated heterocycles. The Balaban J connectivity index is 2.05. The summed E-state index contributed by atoms with van der Waals surface area (Å²) in [6, 6.07) is 18.4. The molecule has 2 rings (SSSR count). The molecule has 2 aromatic carbocycles. The zero-order valence-corrected chi connectivity index (χ0v) is 11.0. The Labute approximate surface area is 109 Å². The van der Waals surface area contributed by atoms with Crippen LogP contribution >= 0.6 is 0 Å². The molecule has 0 radical (unpaired) electrons. The van der Waals surface area contributed by atoms with Crippen molar-refractivity contribution in [3.8, 4) is 0 Å². The van der Waals surface area contributed by atoms with Crippen LogP contribution in [0.2, 0.25) is 0 Å². The van der Waals surface area contributed by atoms with Gasteiger partial charge in [-0.25, -0.2) is 0 Å². The maximum absolute atomic E-state index is 5.72. The fourth-order valence-electron chi connectivity index (χ4n) is 1.92. The molecule has 0 unspecified atom stereocenters. The van der Waals surface area contributed by atoms with Gasteiger partial charge in [-0.2, -0.15) is 0 Å². The van der Waals surface area contributed by atoms with Gasteiger partial charge < -0.3 is 11.1 Å². The first-order valence-electron chi connectivity index (χ1n) is 6.23. The van der Waals surface area contributed by atoms with E-state index in [0.29, 0.717) is 0 Å². The standard InChI is InChI=1S/C16H20N2/c1-16(2,13-8-10-14(17)11-9-13)12-18-15-6-4-3-5-7-15/h3-11,18H,12,17H2,1-2H3. The third-order valence-corrected chi connectivity index (χ3v) is 3.20. The lowest BCUT2D eigenvalue weighted by atomic mass is 9.84. The third-order valence-electron chi connectivity index (χ3n) is 3.20. The number of nitrogens with one attached hydrogen (secondary N) is 1. The second kappa shape index (κ2) is 5.13. The van der Waals surface area contributed by atoms with Crippen molar-refractivity contribution in [3.05, 3.63) is 60.2 Å². The van der Waals surface area contributed by atoms with Crippen LogP contribution < -0.4 is 11.1 Å². The van der Waals surface area contributed by atoms with Gasteiger partial charge in [0.25, 0.3) is 0 Å². The van der Waals surface area contributed by atoms with Crippen molar-refractivity contribution in [2.24, 2.45) is 0 Å². The summed E-state index contributed by atoms with van der Waals surface area (Å²) in [6.45, 7) is 5.35. The van der Waals surface area contributed by atoms with E-state index in [0.717, 1.165) is 17.9 Å². The molecule has 0 fully saturated rings. The van der Waals surface area contributed by atoms with Gasteiger partial charge in [-0.3, -0.25) is 0 Å². The number of hydrogen-bond acceptors (Lipinski definition) is 2. The zero-order valence-electron chi connectivity index (χ0n) is 11.0. The molecular weight excluding hydrogens is 220 g/mol. The minimum Gasteiger partial charge on any atom is -0.399 e. The molecule has 0 aliphatic rings. The number of nitrogens with two attached hydrogens (primary N) is 1. The van der Waals surface area contributed by atoms with E-state index in [2.05, 4.69) is 43.4 Å². The predicted octanol–water partition coefficient (Wildman–Crippen LogP) is 3.66. The molecule has 0 saturated carbocycles. The van der Waals surface area contributed by atoms with Crippen molar-refractivity contribution in [2.75, 3.05) is 17.6 Å². The Morgan fingerprint density at radius 1 is 0.944 bits per heavy atom. The molecule has 0 atom stereocenters. The van der Waals surface area contributed by atoms with Crippen LogP contribution in [-0.4, -0.2) is 6.54 Å². The van der Waals surface area contributed by atoms with Gasteiger partial charge in [-0.05, 0) is 29.8 Å². The summed E-state index contributed by atoms with van der Waals surface area (Å²) in [7, 11) is 0. The Morgan fingerprint density at radius 3 is 2.17 bits per heavy atom. The van der Waals surface area contributed by atoms with E-state index >= 15 is 0 Å². The van der Waals surface area contributed by atoms with Crippen LogP contribution in [-0.2, 0) is 5.41 Å². The maximum atomic E-state index is 5.72. The van der Waals surface area contributed by atoms with Gasteiger partial charge in [0, 0.05) is 23.3 Å². The monoisotopic (exact) mass is 240 g/mol. The first kappa shape index (κ1) is 12.5. The van der Waals surface area contributed by atoms with Crippen molar-refractivity contribution in [2.45, 2.75) is 19.3 Å². The first-order chi connectivity index (χ1) is 8.58. The molecule has 0 aromatic heterocycles. The fraction of sp³-hybridized carbons (Fsp3) is 0.250. The molecule has 0 heterocycles. The molecule has 0 bridgehead atoms. The van der Waals surface area contributed by atoms with E-state index in [9.17, 15) is 0 Å². The van der Waals surface area contributed by atoms with E-state index in [1.54, 1.807) is 0 Å². The third kappa shape index (κ3) is 3.04. The first-order valence-corrected chi connectivity index (χ1v) is 6.23. The molecule has 0 amide bonds. The highest BCUT2D eigenvalue weighted by atomic mass is 14.9. The van der Waals surface area contributed by atoms with Crippen molar-refractivity contribution in [1.29, 1.82) is 0 Å². The summed E-state index contributed by atoms with van der Waals surface area (Å²) in [5.41, 5.74) is 9.05. The van der Waals surface area contributed by atoms with Gasteiger partial charge in [-0.1, -0.05) is 44.2 Å². The molecule has 3 N–H and O–H groups in total. The van der Waals surface area contributed by atoms with Crippen molar-refractivity contribution in [3.63, 3.8) is 0 Å². The van der Waals surface area contributed by atoms with E-state index in [1.807, 2.05) is 30.3 Å². The largest absolute Gasteiger partial charge is 0.399 e. The number of hydrogen-bond donors (Lipinski definition) is 2. The molecule has 18 heavy (non-hydrogen) atoms. The summed E-state index contributed by atoms with van der Waals surface area (Å²) < 4.78 is 0. The summed E-state index contributed by atoms with van der Waals surface area (Å²) in [6.07, 6.45) is 0. The van der Waals surface area contributed by atoms with Gasteiger partial charge in [-0.15, -0.1) is 0 Å². The molecule has 0 spiro atoms. The fourth-order valence-corrected chi connectivity index (χ4v) is 1.92. The lowest BCUT2D eigenvalue weighted by molar-refractivity contribution is 0.557. The number of nitrogen functional groups attached to an aromatic ring is 1. The maximum Gasteiger partial charge on any atom is 0.0340 e. The molecule has 0 aliphatic heterocycles. The minimum absolute atomic E-state index is 0.0730. The minimum atomic E-state index is 0.0730. The SMILES string of the molecule is CC(C)(CNc1ccccc1)c1ccc(N)cc1. The highest BCUT2D eigenvalue weighted by molar-refractivity contribution is 5.45. The van der Waals surface area contributed by atoms with Crippen LogP contribution in [0.4, 0.5) is 11.4 Å². The Bertz CT molecular complexity index is 486. The van der Waals surface area contributed by atoms with Crippen LogP contribution in [0, 0.1) is 0 Å². The van der Waals surface area contributed by atoms with Crippen LogP contribution in [0.25, 0.3) is 0 Å². The van der Waals surface area contributed by atoms with Crippen LogP contribution in [0.15, 0.2) is 54.6 Å². The highest BCUT2D eigenvalue weighted by Gasteiger charge is 2.19. The molecule has 0 aliphatic carbocycles. The predicted molar refractivity (Wildman–Crippen MR) is 78.8 cm³/mol. The Kier molecular flexibility index (Phi) is 3.56. The lowest BCUT2D eigenvalue weighted by Crippen LogP contribution is -2.27. The average Bonchev–Trinajstić information content (AvgIpc) is 2.38. The van der Waals surface area contributed by atoms with Crippen LogP contribution in [0.1, 0.15) is 19.4 Å². The topological polar surface area (TPSA) is 38.0 Å². The highest BCUT2D eigenvalue weighted by Crippen LogP contribution is 2.24. The molecular formula is C16H20N2. The number of benzene rings is 2. The second-order valence-electron chi connectivity index (χ2n) is 5.23. The normalized spacial score (nSPS) is 11.2. The van der Waals surface area contributed by atoms with Crippen molar-refractivity contribution >= 4 is 11.4 Å². The van der Waals surface area contributed by atoms with Crippen LogP contribution in [0.5, 0.6) is 0 Å². The van der Waals surface area contributed by atoms with E-state index < -0.39 is 0 Å². The molecule has 94 valence electrons. The summed E-state index contributed by atoms with van der Waals surface area (Å²) >= 11 is 0. The summed E-state index contributed by atoms with van der Waals surface area (Å²) in [4.78, 5) is 0. The lowest BCUT2D eigenvalue weighted by Gasteiger charge is -2.26. The van der Waals surface area contributed by atoms with Crippen molar-refractivity contribution in [1.82, 2.24) is 0 Å². The number of rotatable bonds is 4. The number of anilines is 2. The Hall–Kier alpha value is -1.96. The van der Waals surface area contributed by atoms with Gasteiger partial charge in [0.2, 0.25) is 0 Å². The van der Waals surface area contributed by atoms with E-state index in [-0.39, 0.29) is 5.41 Å². The molecule has 2 nitrogen and oxygen atoms in total. The van der Waals surface area contributed by atoms with E-state index in [4.69, 9.17) is 5.73 Å². The van der Waals surface area contributed by atoms with Crippen LogP contribution in [0.3, 0.4) is 0 Å². The second-order valence-corrected chi connectivity index (χ2v) is 5.23. The number of para-hydroxylation sites is 1. The van der Waals surface area contributed by atoms with Crippen molar-refractivity contribution < 1.29 is 0 Å². The molecule has 2 aromatic rings. The van der Waals surface area contributed by atoms with Gasteiger partial charge in [0.1, 0.15) is 0 Å². The van der Waals surface area contributed by atoms with Gasteiger partial charge in [0.15, 0.2) is 0 Å². The summed E-state index contributed by atoms with van der Waals surface area (Å²) in [5.74, 6) is 0. The molecule has 2 heteroatoms. The smallest absolute Gasteiger partial charge is 0.0340 e.